The van der Waals surface area contributed by atoms with E-state index >= 15 is 0 Å². The largest absolute Gasteiger partial charge is 0.508 e. The molecular weight excluding hydrogens is 538 g/mol. The monoisotopic (exact) mass is 581 g/mol. The highest BCUT2D eigenvalue weighted by molar-refractivity contribution is 7.98. The number of hydrogen-bond acceptors (Lipinski definition) is 8. The minimum absolute atomic E-state index is 0.0412. The van der Waals surface area contributed by atoms with Crippen LogP contribution in [0.3, 0.4) is 0 Å². The van der Waals surface area contributed by atoms with Crippen LogP contribution in [0.5, 0.6) is 5.75 Å². The quantitative estimate of drug-likeness (QED) is 0.0637. The number of guanidine groups is 1. The Balaban J connectivity index is 3.10. The lowest BCUT2D eigenvalue weighted by Gasteiger charge is -2.28. The molecule has 1 aromatic carbocycles. The molecule has 11 N–H and O–H groups in total. The van der Waals surface area contributed by atoms with Crippen LogP contribution in [0.15, 0.2) is 29.3 Å². The molecular formula is C26H43N7O6S. The number of thioether (sulfide) groups is 1. The van der Waals surface area contributed by atoms with Gasteiger partial charge in [-0.05, 0) is 54.9 Å². The summed E-state index contributed by atoms with van der Waals surface area (Å²) in [7, 11) is 0. The molecule has 224 valence electrons. The summed E-state index contributed by atoms with van der Waals surface area (Å²) in [6.45, 7) is 3.90. The predicted octanol–water partition coefficient (Wildman–Crippen LogP) is -0.346. The number of carboxylic acid groups (broad SMARTS) is 1. The molecule has 0 saturated heterocycles. The van der Waals surface area contributed by atoms with Crippen LogP contribution in [-0.2, 0) is 25.6 Å². The first-order valence-electron chi connectivity index (χ1n) is 13.1. The average molecular weight is 582 g/mol. The van der Waals surface area contributed by atoms with Gasteiger partial charge in [-0.1, -0.05) is 32.4 Å². The van der Waals surface area contributed by atoms with Crippen LogP contribution in [0.1, 0.15) is 45.1 Å². The zero-order valence-corrected chi connectivity index (χ0v) is 24.1. The zero-order chi connectivity index (χ0) is 30.2. The van der Waals surface area contributed by atoms with E-state index in [0.29, 0.717) is 30.7 Å². The lowest BCUT2D eigenvalue weighted by atomic mass is 9.96. The molecule has 0 bridgehead atoms. The number of carboxylic acids is 1. The van der Waals surface area contributed by atoms with Gasteiger partial charge < -0.3 is 43.4 Å². The van der Waals surface area contributed by atoms with E-state index in [1.54, 1.807) is 19.1 Å². The Kier molecular flexibility index (Phi) is 15.5. The Morgan fingerprint density at radius 1 is 0.975 bits per heavy atom. The van der Waals surface area contributed by atoms with Crippen molar-refractivity contribution in [3.05, 3.63) is 29.8 Å². The normalized spacial score (nSPS) is 14.6. The molecule has 0 spiro atoms. The molecule has 3 amide bonds. The molecule has 0 aliphatic carbocycles. The highest BCUT2D eigenvalue weighted by atomic mass is 32.2. The van der Waals surface area contributed by atoms with Gasteiger partial charge in [0.1, 0.15) is 23.9 Å². The van der Waals surface area contributed by atoms with Gasteiger partial charge in [0.15, 0.2) is 5.96 Å². The Labute approximate surface area is 239 Å². The van der Waals surface area contributed by atoms with Crippen LogP contribution < -0.4 is 33.2 Å². The summed E-state index contributed by atoms with van der Waals surface area (Å²) >= 11 is 1.46. The minimum atomic E-state index is -1.16. The van der Waals surface area contributed by atoms with Gasteiger partial charge in [-0.15, -0.1) is 0 Å². The number of nitrogens with two attached hydrogens (primary N) is 3. The van der Waals surface area contributed by atoms with Crippen LogP contribution in [0.2, 0.25) is 0 Å². The molecule has 0 fully saturated rings. The summed E-state index contributed by atoms with van der Waals surface area (Å²) < 4.78 is 0. The number of nitrogens with zero attached hydrogens (tertiary/aromatic N) is 1. The van der Waals surface area contributed by atoms with Crippen molar-refractivity contribution in [1.82, 2.24) is 16.0 Å². The standard InChI is InChI=1S/C26H43N7O6S/c1-4-15(2)21(24(37)31-19(25(38)39)11-13-40-3)33-23(36)20(14-16-7-9-17(34)10-8-16)32-22(35)18(27)6-5-12-30-26(28)29/h7-10,15,18-21,34H,4-6,11-14,27H2,1-3H3,(H,31,37)(H,32,35)(H,33,36)(H,38,39)(H4,28,29,30). The Hall–Kier alpha value is -3.52. The topological polar surface area (TPSA) is 235 Å². The lowest BCUT2D eigenvalue weighted by Crippen LogP contribution is -2.59. The molecule has 13 nitrogen and oxygen atoms in total. The smallest absolute Gasteiger partial charge is 0.326 e. The SMILES string of the molecule is CCC(C)C(NC(=O)C(Cc1ccc(O)cc1)NC(=O)C(N)CCCN=C(N)N)C(=O)NC(CCSC)C(=O)O. The number of aliphatic imine (C=N–C) groups is 1. The van der Waals surface area contributed by atoms with Gasteiger partial charge in [0.2, 0.25) is 17.7 Å². The van der Waals surface area contributed by atoms with Gasteiger partial charge >= 0.3 is 5.97 Å². The Morgan fingerprint density at radius 2 is 1.60 bits per heavy atom. The third-order valence-corrected chi connectivity index (χ3v) is 6.98. The first-order valence-corrected chi connectivity index (χ1v) is 14.5. The molecule has 0 aromatic heterocycles. The number of hydrogen-bond donors (Lipinski definition) is 8. The maximum absolute atomic E-state index is 13.5. The van der Waals surface area contributed by atoms with Crippen molar-refractivity contribution in [2.45, 2.75) is 70.1 Å². The molecule has 1 aromatic rings. The number of aromatic hydroxyl groups is 1. The van der Waals surface area contributed by atoms with Crippen molar-refractivity contribution in [3.63, 3.8) is 0 Å². The van der Waals surface area contributed by atoms with E-state index in [9.17, 15) is 29.4 Å². The first kappa shape index (κ1) is 34.5. The predicted molar refractivity (Wildman–Crippen MR) is 156 cm³/mol. The van der Waals surface area contributed by atoms with Crippen molar-refractivity contribution >= 4 is 41.4 Å². The van der Waals surface area contributed by atoms with E-state index in [4.69, 9.17) is 17.2 Å². The van der Waals surface area contributed by atoms with E-state index < -0.39 is 47.9 Å². The fraction of sp³-hybridized carbons (Fsp3) is 0.577. The van der Waals surface area contributed by atoms with E-state index in [1.165, 1.54) is 23.9 Å². The highest BCUT2D eigenvalue weighted by Gasteiger charge is 2.32. The maximum Gasteiger partial charge on any atom is 0.326 e. The van der Waals surface area contributed by atoms with E-state index in [2.05, 4.69) is 20.9 Å². The Bertz CT molecular complexity index is 1000. The number of phenolic OH excluding ortho intramolecular Hbond substituents is 1. The van der Waals surface area contributed by atoms with Crippen LogP contribution in [-0.4, -0.2) is 82.6 Å². The number of carbonyl (C=O) groups excluding carboxylic acids is 3. The van der Waals surface area contributed by atoms with Gasteiger partial charge in [0.25, 0.3) is 0 Å². The van der Waals surface area contributed by atoms with Crippen LogP contribution in [0, 0.1) is 5.92 Å². The van der Waals surface area contributed by atoms with E-state index in [0.717, 1.165) is 0 Å². The minimum Gasteiger partial charge on any atom is -0.508 e. The molecule has 14 heteroatoms. The van der Waals surface area contributed by atoms with Gasteiger partial charge in [-0.3, -0.25) is 19.4 Å². The Morgan fingerprint density at radius 3 is 2.15 bits per heavy atom. The number of carbonyl (C=O) groups is 4. The number of benzene rings is 1. The highest BCUT2D eigenvalue weighted by Crippen LogP contribution is 2.14. The summed E-state index contributed by atoms with van der Waals surface area (Å²) in [6, 6.07) is 1.94. The van der Waals surface area contributed by atoms with Crippen molar-refractivity contribution in [1.29, 1.82) is 0 Å². The third-order valence-electron chi connectivity index (χ3n) is 6.33. The number of aliphatic carboxylic acids is 1. The molecule has 0 radical (unpaired) electrons. The molecule has 0 saturated carbocycles. The van der Waals surface area contributed by atoms with E-state index in [-0.39, 0.29) is 36.9 Å². The second-order valence-electron chi connectivity index (χ2n) is 9.54. The van der Waals surface area contributed by atoms with Crippen molar-refractivity contribution in [2.24, 2.45) is 28.1 Å². The van der Waals surface area contributed by atoms with Crippen LogP contribution in [0.25, 0.3) is 0 Å². The molecule has 0 heterocycles. The first-order chi connectivity index (χ1) is 18.9. The van der Waals surface area contributed by atoms with Gasteiger partial charge in [-0.2, -0.15) is 11.8 Å². The molecule has 0 aliphatic heterocycles. The third kappa shape index (κ3) is 12.6. The summed E-state index contributed by atoms with van der Waals surface area (Å²) in [4.78, 5) is 55.0. The second kappa shape index (κ2) is 17.9. The summed E-state index contributed by atoms with van der Waals surface area (Å²) in [5.41, 5.74) is 17.3. The van der Waals surface area contributed by atoms with E-state index in [1.807, 2.05) is 13.2 Å². The van der Waals surface area contributed by atoms with Crippen molar-refractivity contribution in [2.75, 3.05) is 18.6 Å². The van der Waals surface area contributed by atoms with Crippen LogP contribution in [0.4, 0.5) is 0 Å². The van der Waals surface area contributed by atoms with Crippen molar-refractivity contribution in [3.8, 4) is 5.75 Å². The van der Waals surface area contributed by atoms with Gasteiger partial charge in [-0.25, -0.2) is 4.79 Å². The van der Waals surface area contributed by atoms with Crippen LogP contribution >= 0.6 is 11.8 Å². The fourth-order valence-electron chi connectivity index (χ4n) is 3.72. The maximum atomic E-state index is 13.5. The molecule has 5 atom stereocenters. The molecule has 1 rings (SSSR count). The average Bonchev–Trinajstić information content (AvgIpc) is 2.91. The zero-order valence-electron chi connectivity index (χ0n) is 23.3. The number of phenols is 1. The van der Waals surface area contributed by atoms with Crippen molar-refractivity contribution < 1.29 is 29.4 Å². The molecule has 40 heavy (non-hydrogen) atoms. The van der Waals surface area contributed by atoms with Gasteiger partial charge in [0.05, 0.1) is 6.04 Å². The molecule has 5 unspecified atom stereocenters. The summed E-state index contributed by atoms with van der Waals surface area (Å²) in [5, 5.41) is 27.0. The number of rotatable bonds is 18. The summed E-state index contributed by atoms with van der Waals surface area (Å²) in [5.74, 6) is -2.82. The van der Waals surface area contributed by atoms with Gasteiger partial charge in [0, 0.05) is 13.0 Å². The fourth-order valence-corrected chi connectivity index (χ4v) is 4.19. The number of amides is 3. The molecule has 0 aliphatic rings. The number of nitrogens with one attached hydrogen (secondary N) is 3. The second-order valence-corrected chi connectivity index (χ2v) is 10.5. The lowest BCUT2D eigenvalue weighted by molar-refractivity contribution is -0.142. The summed E-state index contributed by atoms with van der Waals surface area (Å²) in [6.07, 6.45) is 3.35.